The van der Waals surface area contributed by atoms with Crippen molar-refractivity contribution in [3.05, 3.63) is 82.9 Å². The number of carbonyl (C=O) groups is 1. The molecule has 0 saturated carbocycles. The third-order valence-corrected chi connectivity index (χ3v) is 4.75. The van der Waals surface area contributed by atoms with Gasteiger partial charge in [0, 0.05) is 12.8 Å². The van der Waals surface area contributed by atoms with Gasteiger partial charge in [0.25, 0.3) is 0 Å². The number of rotatable bonds is 9. The van der Waals surface area contributed by atoms with Crippen LogP contribution in [0.5, 0.6) is 0 Å². The van der Waals surface area contributed by atoms with E-state index < -0.39 is 0 Å². The van der Waals surface area contributed by atoms with Gasteiger partial charge in [-0.1, -0.05) is 74.5 Å². The van der Waals surface area contributed by atoms with Gasteiger partial charge in [-0.2, -0.15) is 5.26 Å². The molecule has 2 aromatic rings. The van der Waals surface area contributed by atoms with E-state index >= 15 is 0 Å². The Hall–Kier alpha value is -2.66. The molecule has 134 valence electrons. The largest absolute Gasteiger partial charge is 0.299 e. The zero-order chi connectivity index (χ0) is 18.9. The number of carbonyl (C=O) groups excluding carboxylic acids is 1. The van der Waals surface area contributed by atoms with Gasteiger partial charge in [0.15, 0.2) is 0 Å². The molecule has 0 aromatic heterocycles. The third kappa shape index (κ3) is 5.70. The molecule has 0 radical (unpaired) electrons. The molecule has 0 aliphatic rings. The number of nitrogens with zero attached hydrogens (tertiary/aromatic N) is 1. The van der Waals surface area contributed by atoms with Crippen LogP contribution in [0.1, 0.15) is 54.9 Å². The molecule has 26 heavy (non-hydrogen) atoms. The van der Waals surface area contributed by atoms with Gasteiger partial charge in [0.1, 0.15) is 5.78 Å². The molecule has 0 bridgehead atoms. The van der Waals surface area contributed by atoms with Crippen LogP contribution in [0.25, 0.3) is 0 Å². The van der Waals surface area contributed by atoms with Gasteiger partial charge in [-0.15, -0.1) is 0 Å². The van der Waals surface area contributed by atoms with Gasteiger partial charge in [-0.3, -0.25) is 4.79 Å². The number of allylic oxidation sites excluding steroid dienone is 1. The highest BCUT2D eigenvalue weighted by atomic mass is 16.1. The molecule has 2 aromatic carbocycles. The SMILES string of the molecule is C=C(CC)Cc1ccc(CC(C#N)c2ccc(CC(=O)CC)cc2)cc1. The fourth-order valence-electron chi connectivity index (χ4n) is 2.90. The second-order valence-corrected chi connectivity index (χ2v) is 6.79. The molecular weight excluding hydrogens is 318 g/mol. The standard InChI is InChI=1S/C24H27NO/c1-4-18(3)14-19-6-8-20(9-7-19)15-23(17-25)22-12-10-21(11-13-22)16-24(26)5-2/h6-13,23H,3-5,14-16H2,1-2H3. The molecule has 2 rings (SSSR count). The van der Waals surface area contributed by atoms with Crippen LogP contribution in [-0.4, -0.2) is 5.78 Å². The van der Waals surface area contributed by atoms with Gasteiger partial charge in [-0.25, -0.2) is 0 Å². The molecule has 0 saturated heterocycles. The Balaban J connectivity index is 2.03. The Morgan fingerprint density at radius 2 is 1.46 bits per heavy atom. The van der Waals surface area contributed by atoms with Crippen molar-refractivity contribution in [3.8, 4) is 6.07 Å². The first-order valence-electron chi connectivity index (χ1n) is 9.30. The van der Waals surface area contributed by atoms with Crippen molar-refractivity contribution in [1.82, 2.24) is 0 Å². The second-order valence-electron chi connectivity index (χ2n) is 6.79. The third-order valence-electron chi connectivity index (χ3n) is 4.75. The van der Waals surface area contributed by atoms with E-state index in [2.05, 4.69) is 43.8 Å². The summed E-state index contributed by atoms with van der Waals surface area (Å²) in [7, 11) is 0. The maximum Gasteiger partial charge on any atom is 0.136 e. The molecule has 1 atom stereocenters. The van der Waals surface area contributed by atoms with Crippen molar-refractivity contribution in [2.45, 2.75) is 51.9 Å². The summed E-state index contributed by atoms with van der Waals surface area (Å²) in [5.41, 5.74) is 5.67. The average Bonchev–Trinajstić information content (AvgIpc) is 2.67. The smallest absolute Gasteiger partial charge is 0.136 e. The van der Waals surface area contributed by atoms with Gasteiger partial charge < -0.3 is 0 Å². The minimum absolute atomic E-state index is 0.178. The van der Waals surface area contributed by atoms with Crippen molar-refractivity contribution in [3.63, 3.8) is 0 Å². The van der Waals surface area contributed by atoms with Crippen LogP contribution >= 0.6 is 0 Å². The van der Waals surface area contributed by atoms with Crippen LogP contribution in [0.15, 0.2) is 60.7 Å². The maximum atomic E-state index is 11.6. The predicted molar refractivity (Wildman–Crippen MR) is 107 cm³/mol. The fourth-order valence-corrected chi connectivity index (χ4v) is 2.90. The molecule has 0 N–H and O–H groups in total. The Morgan fingerprint density at radius 3 is 2.00 bits per heavy atom. The Kier molecular flexibility index (Phi) is 7.36. The normalized spacial score (nSPS) is 11.6. The van der Waals surface area contributed by atoms with E-state index in [9.17, 15) is 10.1 Å². The molecule has 0 amide bonds. The second kappa shape index (κ2) is 9.73. The van der Waals surface area contributed by atoms with Gasteiger partial charge in [0.05, 0.1) is 12.0 Å². The van der Waals surface area contributed by atoms with Gasteiger partial charge >= 0.3 is 0 Å². The van der Waals surface area contributed by atoms with Gasteiger partial charge in [-0.05, 0) is 41.5 Å². The summed E-state index contributed by atoms with van der Waals surface area (Å²) in [5.74, 6) is 0.0582. The monoisotopic (exact) mass is 345 g/mol. The van der Waals surface area contributed by atoms with Crippen molar-refractivity contribution < 1.29 is 4.79 Å². The fraction of sp³-hybridized carbons (Fsp3) is 0.333. The number of benzene rings is 2. The zero-order valence-corrected chi connectivity index (χ0v) is 15.8. The first kappa shape index (κ1) is 19.7. The Bertz CT molecular complexity index is 778. The van der Waals surface area contributed by atoms with Gasteiger partial charge in [0.2, 0.25) is 0 Å². The molecule has 0 aliphatic carbocycles. The van der Waals surface area contributed by atoms with Crippen LogP contribution in [0.2, 0.25) is 0 Å². The van der Waals surface area contributed by atoms with E-state index in [0.717, 1.165) is 29.5 Å². The molecule has 2 nitrogen and oxygen atoms in total. The minimum Gasteiger partial charge on any atom is -0.299 e. The number of Topliss-reactive ketones (excluding diaryl/α,β-unsaturated/α-hetero) is 1. The summed E-state index contributed by atoms with van der Waals surface area (Å²) < 4.78 is 0. The highest BCUT2D eigenvalue weighted by Crippen LogP contribution is 2.22. The van der Waals surface area contributed by atoms with E-state index in [1.54, 1.807) is 0 Å². The molecular formula is C24H27NO. The highest BCUT2D eigenvalue weighted by Gasteiger charge is 2.12. The van der Waals surface area contributed by atoms with Crippen LogP contribution in [0.4, 0.5) is 0 Å². The summed E-state index contributed by atoms with van der Waals surface area (Å²) in [6, 6.07) is 18.8. The topological polar surface area (TPSA) is 40.9 Å². The number of nitriles is 1. The van der Waals surface area contributed by atoms with Crippen LogP contribution in [0.3, 0.4) is 0 Å². The molecule has 0 fully saturated rings. The maximum absolute atomic E-state index is 11.6. The first-order chi connectivity index (χ1) is 12.5. The number of hydrogen-bond donors (Lipinski definition) is 0. The Morgan fingerprint density at radius 1 is 0.923 bits per heavy atom. The lowest BCUT2D eigenvalue weighted by Crippen LogP contribution is -2.03. The summed E-state index contributed by atoms with van der Waals surface area (Å²) >= 11 is 0. The quantitative estimate of drug-likeness (QED) is 0.558. The Labute approximate surface area is 157 Å². The predicted octanol–water partition coefficient (Wildman–Crippen LogP) is 5.57. The lowest BCUT2D eigenvalue weighted by atomic mass is 9.91. The molecule has 0 aliphatic heterocycles. The summed E-state index contributed by atoms with van der Waals surface area (Å²) in [6.45, 7) is 8.06. The lowest BCUT2D eigenvalue weighted by Gasteiger charge is -2.11. The summed E-state index contributed by atoms with van der Waals surface area (Å²) in [5, 5.41) is 9.58. The van der Waals surface area contributed by atoms with Crippen molar-refractivity contribution >= 4 is 5.78 Å². The number of ketones is 1. The lowest BCUT2D eigenvalue weighted by molar-refractivity contribution is -0.118. The molecule has 2 heteroatoms. The minimum atomic E-state index is -0.178. The molecule has 0 heterocycles. The van der Waals surface area contributed by atoms with E-state index in [1.807, 2.05) is 31.2 Å². The van der Waals surface area contributed by atoms with Crippen molar-refractivity contribution in [1.29, 1.82) is 5.26 Å². The first-order valence-corrected chi connectivity index (χ1v) is 9.30. The van der Waals surface area contributed by atoms with E-state index in [4.69, 9.17) is 0 Å². The van der Waals surface area contributed by atoms with Crippen molar-refractivity contribution in [2.75, 3.05) is 0 Å². The number of hydrogen-bond acceptors (Lipinski definition) is 2. The van der Waals surface area contributed by atoms with Crippen molar-refractivity contribution in [2.24, 2.45) is 0 Å². The average molecular weight is 345 g/mol. The van der Waals surface area contributed by atoms with E-state index in [1.165, 1.54) is 11.1 Å². The summed E-state index contributed by atoms with van der Waals surface area (Å²) in [4.78, 5) is 11.6. The van der Waals surface area contributed by atoms with Crippen LogP contribution in [-0.2, 0) is 24.1 Å². The molecule has 0 spiro atoms. The highest BCUT2D eigenvalue weighted by molar-refractivity contribution is 5.80. The zero-order valence-electron chi connectivity index (χ0n) is 15.8. The van der Waals surface area contributed by atoms with Crippen LogP contribution < -0.4 is 0 Å². The van der Waals surface area contributed by atoms with E-state index in [0.29, 0.717) is 19.3 Å². The molecule has 1 unspecified atom stereocenters. The summed E-state index contributed by atoms with van der Waals surface area (Å²) in [6.07, 6.45) is 3.63. The van der Waals surface area contributed by atoms with Crippen LogP contribution in [0, 0.1) is 11.3 Å². The van der Waals surface area contributed by atoms with E-state index in [-0.39, 0.29) is 11.7 Å².